The molecule has 3 rings (SSSR count). The molecule has 112 valence electrons. The fraction of sp³-hybridized carbons (Fsp3) is 0.467. The van der Waals surface area contributed by atoms with Gasteiger partial charge in [-0.3, -0.25) is 0 Å². The third-order valence-electron chi connectivity index (χ3n) is 3.68. The van der Waals surface area contributed by atoms with Crippen molar-refractivity contribution >= 4 is 5.69 Å². The van der Waals surface area contributed by atoms with Crippen LogP contribution >= 0.6 is 0 Å². The largest absolute Gasteiger partial charge is 0.382 e. The lowest BCUT2D eigenvalue weighted by atomic mass is 9.99. The maximum Gasteiger partial charge on any atom is 0.150 e. The molecule has 2 unspecified atom stereocenters. The van der Waals surface area contributed by atoms with E-state index in [9.17, 15) is 4.39 Å². The van der Waals surface area contributed by atoms with E-state index in [0.29, 0.717) is 11.7 Å². The first-order valence-electron chi connectivity index (χ1n) is 7.18. The molecular formula is C15H19FN4O. The Morgan fingerprint density at radius 1 is 1.29 bits per heavy atom. The molecule has 21 heavy (non-hydrogen) atoms. The number of anilines is 1. The van der Waals surface area contributed by atoms with E-state index in [1.165, 1.54) is 23.4 Å². The minimum absolute atomic E-state index is 0.227. The van der Waals surface area contributed by atoms with Crippen LogP contribution in [0.25, 0.3) is 5.69 Å². The molecule has 6 heteroatoms. The highest BCUT2D eigenvalue weighted by Gasteiger charge is 2.24. The highest BCUT2D eigenvalue weighted by molar-refractivity contribution is 5.50. The Labute approximate surface area is 123 Å². The predicted octanol–water partition coefficient (Wildman–Crippen LogP) is 2.77. The quantitative estimate of drug-likeness (QED) is 0.944. The standard InChI is InChI=1S/C15H19FN4O/c1-10-5-13(6-11(2)21-10)19-12-3-4-15(14(16)7-12)20-9-17-8-18-20/h3-4,7-11,13,19H,5-6H2,1-2H3. The summed E-state index contributed by atoms with van der Waals surface area (Å²) in [6, 6.07) is 5.38. The zero-order chi connectivity index (χ0) is 14.8. The van der Waals surface area contributed by atoms with Gasteiger partial charge in [0.05, 0.1) is 12.2 Å². The Balaban J connectivity index is 1.73. The zero-order valence-corrected chi connectivity index (χ0v) is 12.2. The maximum absolute atomic E-state index is 14.2. The van der Waals surface area contributed by atoms with Gasteiger partial charge in [-0.05, 0) is 44.9 Å². The molecule has 1 saturated heterocycles. The van der Waals surface area contributed by atoms with Gasteiger partial charge in [-0.2, -0.15) is 5.10 Å². The molecule has 0 bridgehead atoms. The number of aromatic nitrogens is 3. The number of hydrogen-bond acceptors (Lipinski definition) is 4. The van der Waals surface area contributed by atoms with Crippen molar-refractivity contribution in [3.05, 3.63) is 36.7 Å². The molecule has 1 N–H and O–H groups in total. The Hall–Kier alpha value is -1.95. The highest BCUT2D eigenvalue weighted by atomic mass is 19.1. The van der Waals surface area contributed by atoms with Crippen LogP contribution in [0, 0.1) is 5.82 Å². The molecule has 2 atom stereocenters. The number of benzene rings is 1. The van der Waals surface area contributed by atoms with Gasteiger partial charge in [0.25, 0.3) is 0 Å². The van der Waals surface area contributed by atoms with Crippen LogP contribution in [0.15, 0.2) is 30.9 Å². The summed E-state index contributed by atoms with van der Waals surface area (Å²) in [6.45, 7) is 4.14. The Kier molecular flexibility index (Phi) is 3.88. The maximum atomic E-state index is 14.2. The average molecular weight is 290 g/mol. The first-order chi connectivity index (χ1) is 10.1. The van der Waals surface area contributed by atoms with Crippen molar-refractivity contribution in [3.63, 3.8) is 0 Å². The SMILES string of the molecule is CC1CC(Nc2ccc(-n3cncn3)c(F)c2)CC(C)O1. The van der Waals surface area contributed by atoms with Gasteiger partial charge in [0.1, 0.15) is 18.3 Å². The van der Waals surface area contributed by atoms with Crippen molar-refractivity contribution in [2.24, 2.45) is 0 Å². The van der Waals surface area contributed by atoms with Crippen LogP contribution in [0.2, 0.25) is 0 Å². The predicted molar refractivity (Wildman–Crippen MR) is 78.0 cm³/mol. The lowest BCUT2D eigenvalue weighted by molar-refractivity contribution is -0.0337. The third kappa shape index (κ3) is 3.21. The minimum Gasteiger partial charge on any atom is -0.382 e. The van der Waals surface area contributed by atoms with Crippen molar-refractivity contribution in [2.75, 3.05) is 5.32 Å². The molecule has 0 radical (unpaired) electrons. The summed E-state index contributed by atoms with van der Waals surface area (Å²) < 4.78 is 21.3. The first kappa shape index (κ1) is 14.0. The van der Waals surface area contributed by atoms with Gasteiger partial charge in [-0.1, -0.05) is 0 Å². The topological polar surface area (TPSA) is 52.0 Å². The summed E-state index contributed by atoms with van der Waals surface area (Å²) in [4.78, 5) is 3.83. The summed E-state index contributed by atoms with van der Waals surface area (Å²) in [7, 11) is 0. The van der Waals surface area contributed by atoms with E-state index in [2.05, 4.69) is 29.2 Å². The van der Waals surface area contributed by atoms with E-state index < -0.39 is 0 Å². The van der Waals surface area contributed by atoms with Crippen LogP contribution in [-0.4, -0.2) is 33.0 Å². The fourth-order valence-corrected chi connectivity index (χ4v) is 2.87. The molecule has 1 aliphatic rings. The summed E-state index contributed by atoms with van der Waals surface area (Å²) in [5.74, 6) is -0.321. The van der Waals surface area contributed by atoms with Gasteiger partial charge in [-0.15, -0.1) is 0 Å². The lowest BCUT2D eigenvalue weighted by Gasteiger charge is -2.33. The number of hydrogen-bond donors (Lipinski definition) is 1. The van der Waals surface area contributed by atoms with Crippen LogP contribution in [0.5, 0.6) is 0 Å². The van der Waals surface area contributed by atoms with Crippen molar-refractivity contribution < 1.29 is 9.13 Å². The van der Waals surface area contributed by atoms with Gasteiger partial charge in [-0.25, -0.2) is 14.1 Å². The smallest absolute Gasteiger partial charge is 0.150 e. The average Bonchev–Trinajstić information content (AvgIpc) is 2.91. The minimum atomic E-state index is -0.321. The van der Waals surface area contributed by atoms with Crippen molar-refractivity contribution in [1.82, 2.24) is 14.8 Å². The molecule has 2 heterocycles. The van der Waals surface area contributed by atoms with Crippen molar-refractivity contribution in [2.45, 2.75) is 44.9 Å². The van der Waals surface area contributed by atoms with E-state index in [-0.39, 0.29) is 18.0 Å². The molecule has 5 nitrogen and oxygen atoms in total. The molecule has 2 aromatic rings. The number of rotatable bonds is 3. The molecule has 1 aromatic carbocycles. The number of ether oxygens (including phenoxy) is 1. The Morgan fingerprint density at radius 2 is 2.05 bits per heavy atom. The normalized spacial score (nSPS) is 25.8. The molecule has 0 spiro atoms. The summed E-state index contributed by atoms with van der Waals surface area (Å²) in [5, 5.41) is 7.33. The van der Waals surface area contributed by atoms with Crippen LogP contribution in [0.4, 0.5) is 10.1 Å². The van der Waals surface area contributed by atoms with E-state index in [1.54, 1.807) is 6.07 Å². The Morgan fingerprint density at radius 3 is 2.67 bits per heavy atom. The van der Waals surface area contributed by atoms with Gasteiger partial charge >= 0.3 is 0 Å². The Bertz CT molecular complexity index is 592. The monoisotopic (exact) mass is 290 g/mol. The molecule has 0 saturated carbocycles. The second-order valence-corrected chi connectivity index (χ2v) is 5.58. The molecule has 1 aromatic heterocycles. The number of nitrogens with zero attached hydrogens (tertiary/aromatic N) is 3. The van der Waals surface area contributed by atoms with Gasteiger partial charge in [0.2, 0.25) is 0 Å². The van der Waals surface area contributed by atoms with Gasteiger partial charge in [0, 0.05) is 11.7 Å². The third-order valence-corrected chi connectivity index (χ3v) is 3.68. The summed E-state index contributed by atoms with van der Waals surface area (Å²) in [6.07, 6.45) is 5.17. The van der Waals surface area contributed by atoms with E-state index in [4.69, 9.17) is 4.74 Å². The van der Waals surface area contributed by atoms with E-state index in [1.807, 2.05) is 6.07 Å². The van der Waals surface area contributed by atoms with Crippen LogP contribution < -0.4 is 5.32 Å². The van der Waals surface area contributed by atoms with Gasteiger partial charge < -0.3 is 10.1 Å². The zero-order valence-electron chi connectivity index (χ0n) is 12.2. The summed E-state index contributed by atoms with van der Waals surface area (Å²) >= 11 is 0. The van der Waals surface area contributed by atoms with Crippen LogP contribution in [0.3, 0.4) is 0 Å². The van der Waals surface area contributed by atoms with Crippen LogP contribution in [-0.2, 0) is 4.74 Å². The molecule has 0 amide bonds. The van der Waals surface area contributed by atoms with Crippen molar-refractivity contribution in [1.29, 1.82) is 0 Å². The summed E-state index contributed by atoms with van der Waals surface area (Å²) in [5.41, 5.74) is 1.18. The van der Waals surface area contributed by atoms with Gasteiger partial charge in [0.15, 0.2) is 5.82 Å². The van der Waals surface area contributed by atoms with Crippen LogP contribution in [0.1, 0.15) is 26.7 Å². The van der Waals surface area contributed by atoms with E-state index >= 15 is 0 Å². The second-order valence-electron chi connectivity index (χ2n) is 5.58. The molecule has 1 fully saturated rings. The van der Waals surface area contributed by atoms with E-state index in [0.717, 1.165) is 18.5 Å². The molecule has 0 aliphatic carbocycles. The lowest BCUT2D eigenvalue weighted by Crippen LogP contribution is -2.36. The van der Waals surface area contributed by atoms with Crippen molar-refractivity contribution in [3.8, 4) is 5.69 Å². The number of halogens is 1. The first-order valence-corrected chi connectivity index (χ1v) is 7.18. The molecule has 1 aliphatic heterocycles. The second kappa shape index (κ2) is 5.81. The highest BCUT2D eigenvalue weighted by Crippen LogP contribution is 2.24. The number of nitrogens with one attached hydrogen (secondary N) is 1. The molecular weight excluding hydrogens is 271 g/mol. The fourth-order valence-electron chi connectivity index (χ4n) is 2.87.